The lowest BCUT2D eigenvalue weighted by molar-refractivity contribution is -0.124. The summed E-state index contributed by atoms with van der Waals surface area (Å²) in [6, 6.07) is 0.530. The van der Waals surface area contributed by atoms with Crippen LogP contribution in [0.5, 0.6) is 0 Å². The monoisotopic (exact) mass is 228 g/mol. The highest BCUT2D eigenvalue weighted by Gasteiger charge is 2.33. The van der Waals surface area contributed by atoms with Gasteiger partial charge in [-0.2, -0.15) is 0 Å². The molecule has 0 bridgehead atoms. The van der Waals surface area contributed by atoms with Crippen LogP contribution in [0.4, 0.5) is 0 Å². The van der Waals surface area contributed by atoms with E-state index in [1.165, 1.54) is 0 Å². The number of primary amides is 1. The molecule has 94 valence electrons. The Labute approximate surface area is 98.0 Å². The number of carbonyl (C=O) groups is 1. The maximum atomic E-state index is 11.4. The number of carbonyl (C=O) groups excluding carboxylic acids is 1. The first kappa shape index (κ1) is 13.4. The number of likely N-dealkylation sites (N-methyl/N-ethyl adjacent to an activating group) is 2. The molecule has 2 unspecified atom stereocenters. The Morgan fingerprint density at radius 2 is 2.19 bits per heavy atom. The van der Waals surface area contributed by atoms with E-state index in [1.807, 2.05) is 6.92 Å². The van der Waals surface area contributed by atoms with E-state index >= 15 is 0 Å². The first-order chi connectivity index (χ1) is 7.39. The van der Waals surface area contributed by atoms with Gasteiger partial charge in [0, 0.05) is 32.2 Å². The van der Waals surface area contributed by atoms with Gasteiger partial charge in [0.25, 0.3) is 0 Å². The van der Waals surface area contributed by atoms with Crippen LogP contribution in [0.1, 0.15) is 13.8 Å². The second-order valence-corrected chi connectivity index (χ2v) is 5.01. The lowest BCUT2D eigenvalue weighted by Crippen LogP contribution is -2.61. The second kappa shape index (κ2) is 5.12. The fourth-order valence-electron chi connectivity index (χ4n) is 1.99. The van der Waals surface area contributed by atoms with Crippen LogP contribution < -0.4 is 11.1 Å². The molecule has 1 fully saturated rings. The first-order valence-corrected chi connectivity index (χ1v) is 5.80. The minimum Gasteiger partial charge on any atom is -0.368 e. The summed E-state index contributed by atoms with van der Waals surface area (Å²) in [6.45, 7) is 7.76. The largest absolute Gasteiger partial charge is 0.368 e. The summed E-state index contributed by atoms with van der Waals surface area (Å²) < 4.78 is 0. The number of rotatable bonds is 4. The molecular formula is C11H24N4O. The Morgan fingerprint density at radius 1 is 1.56 bits per heavy atom. The van der Waals surface area contributed by atoms with Crippen molar-refractivity contribution in [3.8, 4) is 0 Å². The number of nitrogens with one attached hydrogen (secondary N) is 1. The molecule has 1 rings (SSSR count). The Kier molecular flexibility index (Phi) is 4.29. The summed E-state index contributed by atoms with van der Waals surface area (Å²) in [5, 5.41) is 3.02. The Bertz CT molecular complexity index is 258. The predicted molar refractivity (Wildman–Crippen MR) is 65.2 cm³/mol. The van der Waals surface area contributed by atoms with Crippen molar-refractivity contribution < 1.29 is 4.79 Å². The van der Waals surface area contributed by atoms with E-state index in [9.17, 15) is 4.79 Å². The Morgan fingerprint density at radius 3 is 2.62 bits per heavy atom. The fourth-order valence-corrected chi connectivity index (χ4v) is 1.99. The second-order valence-electron chi connectivity index (χ2n) is 5.01. The standard InChI is InChI=1S/C11H24N4O/c1-9-7-15(6-5-14(9)4)8-11(2,13-3)10(12)16/h9,13H,5-8H2,1-4H3,(H2,12,16). The molecule has 16 heavy (non-hydrogen) atoms. The van der Waals surface area contributed by atoms with Crippen molar-refractivity contribution in [2.75, 3.05) is 40.3 Å². The molecule has 1 amide bonds. The minimum absolute atomic E-state index is 0.290. The third kappa shape index (κ3) is 2.93. The number of hydrogen-bond donors (Lipinski definition) is 2. The van der Waals surface area contributed by atoms with E-state index in [2.05, 4.69) is 29.1 Å². The lowest BCUT2D eigenvalue weighted by atomic mass is 10.00. The van der Waals surface area contributed by atoms with E-state index in [4.69, 9.17) is 5.73 Å². The molecule has 0 aromatic carbocycles. The molecule has 2 atom stereocenters. The number of piperazine rings is 1. The predicted octanol–water partition coefficient (Wildman–Crippen LogP) is -0.914. The van der Waals surface area contributed by atoms with Gasteiger partial charge in [0.1, 0.15) is 5.54 Å². The van der Waals surface area contributed by atoms with Crippen molar-refractivity contribution in [2.45, 2.75) is 25.4 Å². The summed E-state index contributed by atoms with van der Waals surface area (Å²) >= 11 is 0. The topological polar surface area (TPSA) is 61.6 Å². The number of amides is 1. The van der Waals surface area contributed by atoms with Gasteiger partial charge in [-0.15, -0.1) is 0 Å². The van der Waals surface area contributed by atoms with Crippen LogP contribution in [-0.2, 0) is 4.79 Å². The number of hydrogen-bond acceptors (Lipinski definition) is 4. The van der Waals surface area contributed by atoms with Crippen LogP contribution in [-0.4, -0.2) is 67.6 Å². The minimum atomic E-state index is -0.629. The summed E-state index contributed by atoms with van der Waals surface area (Å²) in [5.74, 6) is -0.290. The zero-order chi connectivity index (χ0) is 12.3. The SMILES string of the molecule is CNC(C)(CN1CCN(C)C(C)C1)C(N)=O. The van der Waals surface area contributed by atoms with Crippen molar-refractivity contribution in [3.05, 3.63) is 0 Å². The van der Waals surface area contributed by atoms with Crippen molar-refractivity contribution in [3.63, 3.8) is 0 Å². The molecule has 1 aliphatic heterocycles. The molecule has 0 radical (unpaired) electrons. The van der Waals surface area contributed by atoms with Crippen LogP contribution in [0.2, 0.25) is 0 Å². The molecule has 1 heterocycles. The van der Waals surface area contributed by atoms with Crippen molar-refractivity contribution >= 4 is 5.91 Å². The highest BCUT2D eigenvalue weighted by molar-refractivity contribution is 5.84. The molecule has 5 nitrogen and oxygen atoms in total. The van der Waals surface area contributed by atoms with Crippen LogP contribution >= 0.6 is 0 Å². The summed E-state index contributed by atoms with van der Waals surface area (Å²) in [6.07, 6.45) is 0. The highest BCUT2D eigenvalue weighted by atomic mass is 16.1. The van der Waals surface area contributed by atoms with E-state index in [1.54, 1.807) is 7.05 Å². The van der Waals surface area contributed by atoms with E-state index < -0.39 is 5.54 Å². The van der Waals surface area contributed by atoms with Crippen LogP contribution in [0.3, 0.4) is 0 Å². The normalized spacial score (nSPS) is 27.6. The first-order valence-electron chi connectivity index (χ1n) is 5.80. The fraction of sp³-hybridized carbons (Fsp3) is 0.909. The van der Waals surface area contributed by atoms with E-state index in [0.717, 1.165) is 19.6 Å². The zero-order valence-electron chi connectivity index (χ0n) is 10.8. The molecule has 0 aromatic rings. The van der Waals surface area contributed by atoms with Crippen molar-refractivity contribution in [1.29, 1.82) is 0 Å². The molecule has 0 saturated carbocycles. The van der Waals surface area contributed by atoms with Crippen molar-refractivity contribution in [1.82, 2.24) is 15.1 Å². The van der Waals surface area contributed by atoms with Crippen LogP contribution in [0.15, 0.2) is 0 Å². The van der Waals surface area contributed by atoms with Gasteiger partial charge in [0.15, 0.2) is 0 Å². The maximum absolute atomic E-state index is 11.4. The molecule has 0 spiro atoms. The number of nitrogens with zero attached hydrogens (tertiary/aromatic N) is 2. The summed E-state index contributed by atoms with van der Waals surface area (Å²) in [7, 11) is 3.91. The van der Waals surface area contributed by atoms with Crippen molar-refractivity contribution in [2.24, 2.45) is 5.73 Å². The molecule has 1 saturated heterocycles. The van der Waals surface area contributed by atoms with Crippen LogP contribution in [0, 0.1) is 0 Å². The molecule has 0 aromatic heterocycles. The average molecular weight is 228 g/mol. The Balaban J connectivity index is 2.57. The van der Waals surface area contributed by atoms with E-state index in [0.29, 0.717) is 12.6 Å². The van der Waals surface area contributed by atoms with Gasteiger partial charge in [-0.05, 0) is 27.9 Å². The average Bonchev–Trinajstić information content (AvgIpc) is 2.23. The quantitative estimate of drug-likeness (QED) is 0.654. The van der Waals surface area contributed by atoms with Gasteiger partial charge in [-0.1, -0.05) is 0 Å². The Hall–Kier alpha value is -0.650. The molecule has 0 aliphatic carbocycles. The van der Waals surface area contributed by atoms with Gasteiger partial charge >= 0.3 is 0 Å². The van der Waals surface area contributed by atoms with Gasteiger partial charge in [0.2, 0.25) is 5.91 Å². The molecule has 5 heteroatoms. The summed E-state index contributed by atoms with van der Waals surface area (Å²) in [5.41, 5.74) is 4.79. The van der Waals surface area contributed by atoms with Gasteiger partial charge in [-0.25, -0.2) is 0 Å². The zero-order valence-corrected chi connectivity index (χ0v) is 10.8. The lowest BCUT2D eigenvalue weighted by Gasteiger charge is -2.41. The van der Waals surface area contributed by atoms with Crippen LogP contribution in [0.25, 0.3) is 0 Å². The highest BCUT2D eigenvalue weighted by Crippen LogP contribution is 2.11. The third-order valence-corrected chi connectivity index (χ3v) is 3.68. The van der Waals surface area contributed by atoms with Gasteiger partial charge in [-0.3, -0.25) is 9.69 Å². The third-order valence-electron chi connectivity index (χ3n) is 3.68. The van der Waals surface area contributed by atoms with Gasteiger partial charge < -0.3 is 16.0 Å². The maximum Gasteiger partial charge on any atom is 0.238 e. The molecular weight excluding hydrogens is 204 g/mol. The smallest absolute Gasteiger partial charge is 0.238 e. The summed E-state index contributed by atoms with van der Waals surface area (Å²) in [4.78, 5) is 16.0. The molecule has 3 N–H and O–H groups in total. The number of nitrogens with two attached hydrogens (primary N) is 1. The van der Waals surface area contributed by atoms with E-state index in [-0.39, 0.29) is 5.91 Å². The molecule has 1 aliphatic rings. The van der Waals surface area contributed by atoms with Gasteiger partial charge in [0.05, 0.1) is 0 Å².